The van der Waals surface area contributed by atoms with Gasteiger partial charge in [-0.25, -0.2) is 0 Å². The second kappa shape index (κ2) is 5.38. The molecule has 0 aromatic carbocycles. The first-order valence-corrected chi connectivity index (χ1v) is 6.58. The summed E-state index contributed by atoms with van der Waals surface area (Å²) in [5.41, 5.74) is 6.72. The molecule has 1 saturated heterocycles. The van der Waals surface area contributed by atoms with Gasteiger partial charge in [0.25, 0.3) is 5.91 Å². The third kappa shape index (κ3) is 2.81. The van der Waals surface area contributed by atoms with Crippen LogP contribution in [0.4, 0.5) is 5.69 Å². The third-order valence-electron chi connectivity index (χ3n) is 3.77. The van der Waals surface area contributed by atoms with Gasteiger partial charge >= 0.3 is 0 Å². The van der Waals surface area contributed by atoms with Crippen molar-refractivity contribution in [3.63, 3.8) is 0 Å². The number of nitrogens with two attached hydrogens (primary N) is 1. The molecule has 0 radical (unpaired) electrons. The Morgan fingerprint density at radius 1 is 1.44 bits per heavy atom. The maximum absolute atomic E-state index is 12.2. The number of anilines is 1. The molecule has 0 aliphatic carbocycles. The molecule has 2 heterocycles. The number of rotatable bonds is 2. The Hall–Kier alpha value is -1.58. The number of pyridine rings is 1. The van der Waals surface area contributed by atoms with Crippen molar-refractivity contribution < 1.29 is 4.79 Å². The summed E-state index contributed by atoms with van der Waals surface area (Å²) in [5, 5.41) is 0. The summed E-state index contributed by atoms with van der Waals surface area (Å²) >= 11 is 0. The highest BCUT2D eigenvalue weighted by molar-refractivity contribution is 5.93. The fraction of sp³-hybridized carbons (Fsp3) is 0.571. The third-order valence-corrected chi connectivity index (χ3v) is 3.77. The summed E-state index contributed by atoms with van der Waals surface area (Å²) in [6, 6.07) is 3.35. The Balaban J connectivity index is 1.99. The summed E-state index contributed by atoms with van der Waals surface area (Å²) in [6.07, 6.45) is 3.76. The highest BCUT2D eigenvalue weighted by Gasteiger charge is 2.25. The lowest BCUT2D eigenvalue weighted by Gasteiger charge is -2.33. The van der Waals surface area contributed by atoms with Crippen LogP contribution >= 0.6 is 0 Å². The van der Waals surface area contributed by atoms with Crippen molar-refractivity contribution in [2.45, 2.75) is 26.7 Å². The van der Waals surface area contributed by atoms with E-state index in [4.69, 9.17) is 5.73 Å². The van der Waals surface area contributed by atoms with E-state index < -0.39 is 0 Å². The molecule has 1 aliphatic heterocycles. The zero-order chi connectivity index (χ0) is 13.1. The molecule has 1 fully saturated rings. The number of carbonyl (C=O) groups excluding carboxylic acids is 1. The number of nitrogen functional groups attached to an aromatic ring is 1. The number of nitrogens with zero attached hydrogens (tertiary/aromatic N) is 2. The number of piperidine rings is 1. The Bertz CT molecular complexity index is 423. The molecule has 2 rings (SSSR count). The molecular weight excluding hydrogens is 226 g/mol. The van der Waals surface area contributed by atoms with Crippen molar-refractivity contribution in [3.05, 3.63) is 24.0 Å². The number of aromatic nitrogens is 1. The number of carbonyl (C=O) groups is 1. The van der Waals surface area contributed by atoms with E-state index in [1.165, 1.54) is 0 Å². The van der Waals surface area contributed by atoms with Gasteiger partial charge in [-0.15, -0.1) is 0 Å². The van der Waals surface area contributed by atoms with E-state index >= 15 is 0 Å². The Labute approximate surface area is 108 Å². The van der Waals surface area contributed by atoms with Crippen LogP contribution in [0.3, 0.4) is 0 Å². The molecule has 4 nitrogen and oxygen atoms in total. The van der Waals surface area contributed by atoms with E-state index in [9.17, 15) is 4.79 Å². The number of hydrogen-bond acceptors (Lipinski definition) is 3. The molecule has 0 saturated carbocycles. The molecule has 0 bridgehead atoms. The van der Waals surface area contributed by atoms with E-state index in [0.717, 1.165) is 31.8 Å². The first-order chi connectivity index (χ1) is 8.58. The van der Waals surface area contributed by atoms with E-state index in [2.05, 4.69) is 18.8 Å². The highest BCUT2D eigenvalue weighted by Crippen LogP contribution is 2.25. The van der Waals surface area contributed by atoms with E-state index in [-0.39, 0.29) is 5.91 Å². The second-order valence-electron chi connectivity index (χ2n) is 5.35. The van der Waals surface area contributed by atoms with Gasteiger partial charge in [0, 0.05) is 25.0 Å². The minimum atomic E-state index is 0.00417. The van der Waals surface area contributed by atoms with Crippen LogP contribution in [-0.2, 0) is 0 Å². The van der Waals surface area contributed by atoms with Crippen LogP contribution in [0.15, 0.2) is 18.3 Å². The van der Waals surface area contributed by atoms with Crippen molar-refractivity contribution in [2.75, 3.05) is 18.8 Å². The predicted octanol–water partition coefficient (Wildman–Crippen LogP) is 2.17. The molecule has 1 amide bonds. The number of amides is 1. The van der Waals surface area contributed by atoms with E-state index in [1.54, 1.807) is 18.3 Å². The minimum Gasteiger partial charge on any atom is -0.399 e. The Kier molecular flexibility index (Phi) is 3.84. The van der Waals surface area contributed by atoms with Crippen LogP contribution in [0.2, 0.25) is 0 Å². The first-order valence-electron chi connectivity index (χ1n) is 6.58. The van der Waals surface area contributed by atoms with Gasteiger partial charge in [-0.3, -0.25) is 9.78 Å². The molecule has 1 aromatic heterocycles. The van der Waals surface area contributed by atoms with Crippen molar-refractivity contribution in [2.24, 2.45) is 11.8 Å². The molecule has 18 heavy (non-hydrogen) atoms. The van der Waals surface area contributed by atoms with Gasteiger partial charge in [0.2, 0.25) is 0 Å². The van der Waals surface area contributed by atoms with Crippen LogP contribution in [0.25, 0.3) is 0 Å². The second-order valence-corrected chi connectivity index (χ2v) is 5.35. The summed E-state index contributed by atoms with van der Waals surface area (Å²) in [7, 11) is 0. The monoisotopic (exact) mass is 247 g/mol. The smallest absolute Gasteiger partial charge is 0.272 e. The Morgan fingerprint density at radius 2 is 2.11 bits per heavy atom. The van der Waals surface area contributed by atoms with Crippen LogP contribution < -0.4 is 5.73 Å². The van der Waals surface area contributed by atoms with Crippen LogP contribution in [0.5, 0.6) is 0 Å². The number of likely N-dealkylation sites (tertiary alicyclic amines) is 1. The SMILES string of the molecule is CC(C)C1CCN(C(=O)c2cc(N)ccn2)CC1. The van der Waals surface area contributed by atoms with Crippen molar-refractivity contribution >= 4 is 11.6 Å². The van der Waals surface area contributed by atoms with Gasteiger partial charge in [-0.2, -0.15) is 0 Å². The quantitative estimate of drug-likeness (QED) is 0.871. The molecule has 1 aromatic rings. The highest BCUT2D eigenvalue weighted by atomic mass is 16.2. The molecule has 98 valence electrons. The normalized spacial score (nSPS) is 17.2. The molecule has 0 unspecified atom stereocenters. The van der Waals surface area contributed by atoms with Crippen LogP contribution in [-0.4, -0.2) is 28.9 Å². The lowest BCUT2D eigenvalue weighted by atomic mass is 9.86. The maximum atomic E-state index is 12.2. The fourth-order valence-corrected chi connectivity index (χ4v) is 2.50. The van der Waals surface area contributed by atoms with Gasteiger partial charge in [0.05, 0.1) is 0 Å². The molecule has 4 heteroatoms. The molecule has 0 spiro atoms. The minimum absolute atomic E-state index is 0.00417. The van der Waals surface area contributed by atoms with E-state index in [1.807, 2.05) is 4.90 Å². The molecule has 0 atom stereocenters. The molecule has 1 aliphatic rings. The van der Waals surface area contributed by atoms with Crippen LogP contribution in [0.1, 0.15) is 37.2 Å². The fourth-order valence-electron chi connectivity index (χ4n) is 2.50. The topological polar surface area (TPSA) is 59.2 Å². The molecular formula is C14H21N3O. The lowest BCUT2D eigenvalue weighted by Crippen LogP contribution is -2.39. The van der Waals surface area contributed by atoms with Gasteiger partial charge in [-0.1, -0.05) is 13.8 Å². The lowest BCUT2D eigenvalue weighted by molar-refractivity contribution is 0.0662. The van der Waals surface area contributed by atoms with E-state index in [0.29, 0.717) is 17.3 Å². The summed E-state index contributed by atoms with van der Waals surface area (Å²) in [4.78, 5) is 18.2. The largest absolute Gasteiger partial charge is 0.399 e. The summed E-state index contributed by atoms with van der Waals surface area (Å²) < 4.78 is 0. The van der Waals surface area contributed by atoms with Gasteiger partial charge in [-0.05, 0) is 36.8 Å². The average Bonchev–Trinajstić information content (AvgIpc) is 2.38. The summed E-state index contributed by atoms with van der Waals surface area (Å²) in [6.45, 7) is 6.17. The zero-order valence-electron chi connectivity index (χ0n) is 11.1. The van der Waals surface area contributed by atoms with Crippen molar-refractivity contribution in [1.29, 1.82) is 0 Å². The predicted molar refractivity (Wildman–Crippen MR) is 72.1 cm³/mol. The van der Waals surface area contributed by atoms with Gasteiger partial charge in [0.1, 0.15) is 5.69 Å². The Morgan fingerprint density at radius 3 is 2.67 bits per heavy atom. The standard InChI is InChI=1S/C14H21N3O/c1-10(2)11-4-7-17(8-5-11)14(18)13-9-12(15)3-6-16-13/h3,6,9-11H,4-5,7-8H2,1-2H3,(H2,15,16). The van der Waals surface area contributed by atoms with Crippen molar-refractivity contribution in [3.8, 4) is 0 Å². The average molecular weight is 247 g/mol. The summed E-state index contributed by atoms with van der Waals surface area (Å²) in [5.74, 6) is 1.44. The van der Waals surface area contributed by atoms with Crippen LogP contribution in [0, 0.1) is 11.8 Å². The van der Waals surface area contributed by atoms with Gasteiger partial charge < -0.3 is 10.6 Å². The molecule has 2 N–H and O–H groups in total. The first kappa shape index (κ1) is 12.9. The zero-order valence-corrected chi connectivity index (χ0v) is 11.1. The van der Waals surface area contributed by atoms with Crippen molar-refractivity contribution in [1.82, 2.24) is 9.88 Å². The number of hydrogen-bond donors (Lipinski definition) is 1. The maximum Gasteiger partial charge on any atom is 0.272 e. The van der Waals surface area contributed by atoms with Gasteiger partial charge in [0.15, 0.2) is 0 Å².